The number of alkyl halides is 3. The predicted octanol–water partition coefficient (Wildman–Crippen LogP) is 3.72. The summed E-state index contributed by atoms with van der Waals surface area (Å²) in [6.45, 7) is 4.78. The van der Waals surface area contributed by atoms with Gasteiger partial charge >= 0.3 is 6.18 Å². The van der Waals surface area contributed by atoms with Gasteiger partial charge in [-0.25, -0.2) is 0 Å². The van der Waals surface area contributed by atoms with Crippen molar-refractivity contribution in [2.75, 3.05) is 20.2 Å². The third kappa shape index (κ3) is 4.70. The third-order valence-electron chi connectivity index (χ3n) is 3.71. The van der Waals surface area contributed by atoms with Crippen molar-refractivity contribution in [3.05, 3.63) is 41.5 Å². The molecule has 1 unspecified atom stereocenters. The smallest absolute Gasteiger partial charge is 0.416 e. The van der Waals surface area contributed by atoms with Crippen molar-refractivity contribution >= 4 is 0 Å². The molecule has 0 saturated carbocycles. The molecule has 1 aromatic carbocycles. The molecule has 132 valence electrons. The average molecular weight is 343 g/mol. The van der Waals surface area contributed by atoms with Gasteiger partial charge in [-0.2, -0.15) is 18.2 Å². The lowest BCUT2D eigenvalue weighted by Gasteiger charge is -2.21. The lowest BCUT2D eigenvalue weighted by Crippen LogP contribution is -2.27. The Bertz CT molecular complexity index is 641. The van der Waals surface area contributed by atoms with Crippen molar-refractivity contribution < 1.29 is 22.4 Å². The molecule has 0 aliphatic heterocycles. The monoisotopic (exact) mass is 343 g/mol. The van der Waals surface area contributed by atoms with Gasteiger partial charge in [0.25, 0.3) is 0 Å². The maximum atomic E-state index is 12.5. The number of ether oxygens (including phenoxy) is 1. The number of rotatable bonds is 7. The van der Waals surface area contributed by atoms with Gasteiger partial charge in [0.15, 0.2) is 5.82 Å². The van der Waals surface area contributed by atoms with Crippen LogP contribution in [0.4, 0.5) is 13.2 Å². The molecule has 5 nitrogen and oxygen atoms in total. The molecule has 2 aromatic rings. The van der Waals surface area contributed by atoms with Crippen LogP contribution in [0.2, 0.25) is 0 Å². The van der Waals surface area contributed by atoms with E-state index in [1.165, 1.54) is 12.1 Å². The van der Waals surface area contributed by atoms with Crippen molar-refractivity contribution in [2.24, 2.45) is 0 Å². The zero-order valence-corrected chi connectivity index (χ0v) is 13.8. The van der Waals surface area contributed by atoms with Crippen LogP contribution in [-0.4, -0.2) is 35.2 Å². The number of hydrogen-bond donors (Lipinski definition) is 0. The predicted molar refractivity (Wildman–Crippen MR) is 81.7 cm³/mol. The molecule has 0 fully saturated rings. The van der Waals surface area contributed by atoms with Gasteiger partial charge in [-0.3, -0.25) is 4.90 Å². The maximum absolute atomic E-state index is 12.5. The van der Waals surface area contributed by atoms with Crippen molar-refractivity contribution in [3.8, 4) is 5.75 Å². The van der Waals surface area contributed by atoms with Crippen LogP contribution in [0.3, 0.4) is 0 Å². The van der Waals surface area contributed by atoms with Gasteiger partial charge in [0, 0.05) is 13.0 Å². The zero-order valence-electron chi connectivity index (χ0n) is 13.8. The molecule has 1 heterocycles. The van der Waals surface area contributed by atoms with Crippen molar-refractivity contribution in [2.45, 2.75) is 32.5 Å². The summed E-state index contributed by atoms with van der Waals surface area (Å²) in [6.07, 6.45) is -3.63. The SMILES string of the molecule is CCc1noc(C(C)N(C)CCOc2ccc(C(F)(F)F)cc2)n1. The van der Waals surface area contributed by atoms with E-state index in [0.717, 1.165) is 12.1 Å². The molecule has 0 aliphatic rings. The van der Waals surface area contributed by atoms with Crippen LogP contribution in [0.5, 0.6) is 5.75 Å². The van der Waals surface area contributed by atoms with Gasteiger partial charge in [0.2, 0.25) is 5.89 Å². The Labute approximate surface area is 138 Å². The second-order valence-corrected chi connectivity index (χ2v) is 5.43. The number of hydrogen-bond acceptors (Lipinski definition) is 5. The van der Waals surface area contributed by atoms with Gasteiger partial charge in [0.1, 0.15) is 12.4 Å². The minimum Gasteiger partial charge on any atom is -0.492 e. The van der Waals surface area contributed by atoms with E-state index < -0.39 is 11.7 Å². The lowest BCUT2D eigenvalue weighted by atomic mass is 10.2. The van der Waals surface area contributed by atoms with E-state index in [0.29, 0.717) is 37.0 Å². The summed E-state index contributed by atoms with van der Waals surface area (Å²) in [5.74, 6) is 1.59. The number of aromatic nitrogens is 2. The van der Waals surface area contributed by atoms with Gasteiger partial charge in [-0.15, -0.1) is 0 Å². The molecule has 1 atom stereocenters. The van der Waals surface area contributed by atoms with Gasteiger partial charge in [-0.1, -0.05) is 12.1 Å². The quantitative estimate of drug-likeness (QED) is 0.767. The number of aryl methyl sites for hydroxylation is 1. The highest BCUT2D eigenvalue weighted by Gasteiger charge is 2.30. The Morgan fingerprint density at radius 1 is 1.25 bits per heavy atom. The van der Waals surface area contributed by atoms with E-state index in [-0.39, 0.29) is 6.04 Å². The minimum atomic E-state index is -4.34. The second-order valence-electron chi connectivity index (χ2n) is 5.43. The summed E-state index contributed by atoms with van der Waals surface area (Å²) in [6, 6.07) is 4.57. The van der Waals surface area contributed by atoms with E-state index in [1.54, 1.807) is 0 Å². The van der Waals surface area contributed by atoms with Crippen LogP contribution in [0.25, 0.3) is 0 Å². The van der Waals surface area contributed by atoms with E-state index in [1.807, 2.05) is 25.8 Å². The summed E-state index contributed by atoms with van der Waals surface area (Å²) in [5.41, 5.74) is -0.691. The van der Waals surface area contributed by atoms with Crippen LogP contribution < -0.4 is 4.74 Å². The van der Waals surface area contributed by atoms with Crippen LogP contribution in [-0.2, 0) is 12.6 Å². The molecule has 1 aromatic heterocycles. The summed E-state index contributed by atoms with van der Waals surface area (Å²) < 4.78 is 48.1. The third-order valence-corrected chi connectivity index (χ3v) is 3.71. The van der Waals surface area contributed by atoms with E-state index in [2.05, 4.69) is 10.1 Å². The summed E-state index contributed by atoms with van der Waals surface area (Å²) >= 11 is 0. The molecule has 0 spiro atoms. The van der Waals surface area contributed by atoms with Crippen molar-refractivity contribution in [1.29, 1.82) is 0 Å². The van der Waals surface area contributed by atoms with Crippen LogP contribution in [0, 0.1) is 0 Å². The van der Waals surface area contributed by atoms with Gasteiger partial charge in [-0.05, 0) is 38.2 Å². The fraction of sp³-hybridized carbons (Fsp3) is 0.500. The summed E-state index contributed by atoms with van der Waals surface area (Å²) in [4.78, 5) is 6.25. The molecule has 0 aliphatic carbocycles. The summed E-state index contributed by atoms with van der Waals surface area (Å²) in [7, 11) is 1.89. The van der Waals surface area contributed by atoms with Crippen LogP contribution in [0.15, 0.2) is 28.8 Å². The number of nitrogens with zero attached hydrogens (tertiary/aromatic N) is 3. The first-order valence-corrected chi connectivity index (χ1v) is 7.64. The molecule has 0 N–H and O–H groups in total. The van der Waals surface area contributed by atoms with Crippen LogP contribution >= 0.6 is 0 Å². The minimum absolute atomic E-state index is 0.0750. The highest BCUT2D eigenvalue weighted by Crippen LogP contribution is 2.30. The normalized spacial score (nSPS) is 13.3. The number of halogens is 3. The largest absolute Gasteiger partial charge is 0.492 e. The molecule has 8 heteroatoms. The standard InChI is InChI=1S/C16H20F3N3O2/c1-4-14-20-15(24-21-14)11(2)22(3)9-10-23-13-7-5-12(6-8-13)16(17,18)19/h5-8,11H,4,9-10H2,1-3H3. The lowest BCUT2D eigenvalue weighted by molar-refractivity contribution is -0.137. The topological polar surface area (TPSA) is 51.4 Å². The first-order valence-electron chi connectivity index (χ1n) is 7.64. The van der Waals surface area contributed by atoms with Crippen LogP contribution in [0.1, 0.15) is 37.2 Å². The van der Waals surface area contributed by atoms with E-state index in [9.17, 15) is 13.2 Å². The summed E-state index contributed by atoms with van der Waals surface area (Å²) in [5, 5.41) is 3.86. The second kappa shape index (κ2) is 7.65. The number of likely N-dealkylation sites (N-methyl/N-ethyl adjacent to an activating group) is 1. The number of benzene rings is 1. The molecule has 0 radical (unpaired) electrons. The Morgan fingerprint density at radius 2 is 1.92 bits per heavy atom. The highest BCUT2D eigenvalue weighted by atomic mass is 19.4. The first kappa shape index (κ1) is 18.3. The molecular formula is C16H20F3N3O2. The fourth-order valence-corrected chi connectivity index (χ4v) is 2.01. The van der Waals surface area contributed by atoms with Crippen molar-refractivity contribution in [3.63, 3.8) is 0 Å². The Hall–Kier alpha value is -2.09. The molecule has 24 heavy (non-hydrogen) atoms. The van der Waals surface area contributed by atoms with Gasteiger partial charge < -0.3 is 9.26 Å². The first-order chi connectivity index (χ1) is 11.3. The zero-order chi connectivity index (χ0) is 17.7. The van der Waals surface area contributed by atoms with Gasteiger partial charge in [0.05, 0.1) is 11.6 Å². The van der Waals surface area contributed by atoms with E-state index in [4.69, 9.17) is 9.26 Å². The molecule has 0 amide bonds. The maximum Gasteiger partial charge on any atom is 0.416 e. The highest BCUT2D eigenvalue weighted by molar-refractivity contribution is 5.28. The molecule has 0 bridgehead atoms. The average Bonchev–Trinajstić information content (AvgIpc) is 3.02. The van der Waals surface area contributed by atoms with E-state index >= 15 is 0 Å². The molecule has 2 rings (SSSR count). The molecular weight excluding hydrogens is 323 g/mol. The Kier molecular flexibility index (Phi) is 5.82. The molecule has 0 saturated heterocycles. The fourth-order valence-electron chi connectivity index (χ4n) is 2.01. The van der Waals surface area contributed by atoms with Crippen molar-refractivity contribution in [1.82, 2.24) is 15.0 Å². The Balaban J connectivity index is 1.82. The Morgan fingerprint density at radius 3 is 2.46 bits per heavy atom.